The van der Waals surface area contributed by atoms with Gasteiger partial charge in [-0.05, 0) is 28.8 Å². The normalized spacial score (nSPS) is 11.3. The van der Waals surface area contributed by atoms with E-state index in [9.17, 15) is 9.90 Å². The summed E-state index contributed by atoms with van der Waals surface area (Å²) >= 11 is 0. The number of allylic oxidation sites excluding steroid dienone is 2. The fraction of sp³-hybridized carbons (Fsp3) is 0.179. The number of ether oxygens (including phenoxy) is 3. The van der Waals surface area contributed by atoms with Crippen LogP contribution in [-0.4, -0.2) is 38.4 Å². The number of rotatable bonds is 11. The Morgan fingerprint density at radius 1 is 0.912 bits per heavy atom. The molecule has 3 rings (SSSR count). The van der Waals surface area contributed by atoms with Crippen molar-refractivity contribution in [1.82, 2.24) is 5.32 Å². The van der Waals surface area contributed by atoms with Crippen molar-refractivity contribution in [2.75, 3.05) is 27.4 Å². The van der Waals surface area contributed by atoms with E-state index in [0.717, 1.165) is 16.7 Å². The second-order valence-electron chi connectivity index (χ2n) is 7.36. The molecular weight excluding hydrogens is 430 g/mol. The van der Waals surface area contributed by atoms with Crippen LogP contribution in [0, 0.1) is 0 Å². The van der Waals surface area contributed by atoms with Gasteiger partial charge in [-0.3, -0.25) is 4.79 Å². The highest BCUT2D eigenvalue weighted by Crippen LogP contribution is 2.37. The molecule has 2 N–H and O–H groups in total. The maximum Gasteiger partial charge on any atom is 0.244 e. The molecule has 0 aromatic heterocycles. The average molecular weight is 460 g/mol. The van der Waals surface area contributed by atoms with E-state index in [1.54, 1.807) is 30.4 Å². The number of benzene rings is 3. The number of carbonyl (C=O) groups is 1. The van der Waals surface area contributed by atoms with Gasteiger partial charge < -0.3 is 24.6 Å². The Balaban J connectivity index is 1.50. The zero-order valence-corrected chi connectivity index (χ0v) is 19.3. The Bertz CT molecular complexity index is 1050. The highest BCUT2D eigenvalue weighted by Gasteiger charge is 2.14. The first-order valence-electron chi connectivity index (χ1n) is 10.9. The van der Waals surface area contributed by atoms with Crippen LogP contribution in [0.5, 0.6) is 17.2 Å². The predicted octanol–water partition coefficient (Wildman–Crippen LogP) is 4.90. The van der Waals surface area contributed by atoms with Crippen LogP contribution in [0.25, 0.3) is 6.08 Å². The first-order chi connectivity index (χ1) is 16.6. The summed E-state index contributed by atoms with van der Waals surface area (Å²) in [6.07, 6.45) is 6.39. The monoisotopic (exact) mass is 459 g/mol. The lowest BCUT2D eigenvalue weighted by Crippen LogP contribution is -2.26. The van der Waals surface area contributed by atoms with Crippen molar-refractivity contribution in [2.45, 2.75) is 6.10 Å². The van der Waals surface area contributed by atoms with Gasteiger partial charge in [-0.25, -0.2) is 0 Å². The lowest BCUT2D eigenvalue weighted by atomic mass is 10.0. The van der Waals surface area contributed by atoms with Crippen molar-refractivity contribution in [3.63, 3.8) is 0 Å². The minimum atomic E-state index is -0.218. The van der Waals surface area contributed by atoms with Gasteiger partial charge in [-0.15, -0.1) is 0 Å². The zero-order chi connectivity index (χ0) is 24.2. The molecule has 0 atom stereocenters. The molecule has 0 saturated carbocycles. The van der Waals surface area contributed by atoms with Crippen LogP contribution >= 0.6 is 0 Å². The van der Waals surface area contributed by atoms with E-state index in [1.165, 1.54) is 20.3 Å². The minimum absolute atomic E-state index is 0.0546. The molecule has 0 radical (unpaired) electrons. The molecule has 6 heteroatoms. The van der Waals surface area contributed by atoms with Crippen LogP contribution in [0.1, 0.15) is 22.8 Å². The second kappa shape index (κ2) is 12.9. The number of carbonyl (C=O) groups excluding carboxylic acids is 1. The van der Waals surface area contributed by atoms with Gasteiger partial charge in [0.15, 0.2) is 11.5 Å². The molecule has 0 bridgehead atoms. The zero-order valence-electron chi connectivity index (χ0n) is 19.3. The van der Waals surface area contributed by atoms with Gasteiger partial charge in [-0.2, -0.15) is 0 Å². The summed E-state index contributed by atoms with van der Waals surface area (Å²) in [5.74, 6) is 0.348. The summed E-state index contributed by atoms with van der Waals surface area (Å²) in [6.45, 7) is 0.756. The van der Waals surface area contributed by atoms with E-state index < -0.39 is 0 Å². The van der Waals surface area contributed by atoms with E-state index in [2.05, 4.69) is 5.32 Å². The third-order valence-electron chi connectivity index (χ3n) is 5.04. The van der Waals surface area contributed by atoms with Gasteiger partial charge in [0.05, 0.1) is 20.8 Å². The van der Waals surface area contributed by atoms with E-state index >= 15 is 0 Å². The summed E-state index contributed by atoms with van der Waals surface area (Å²) in [5, 5.41) is 12.8. The number of hydrogen-bond donors (Lipinski definition) is 2. The SMILES string of the molecule is COc1cc(C=CC=CC(=O)NCCOC(c2ccccc2)c2ccccc2)cc(OC)c1O. The maximum atomic E-state index is 12.1. The molecule has 0 unspecified atom stereocenters. The molecule has 3 aromatic rings. The Morgan fingerprint density at radius 2 is 1.47 bits per heavy atom. The molecule has 3 aromatic carbocycles. The highest BCUT2D eigenvalue weighted by atomic mass is 16.5. The number of amides is 1. The molecule has 0 aliphatic heterocycles. The molecule has 0 spiro atoms. The number of methoxy groups -OCH3 is 2. The number of phenolic OH excluding ortho intramolecular Hbond substituents is 1. The third-order valence-corrected chi connectivity index (χ3v) is 5.04. The quantitative estimate of drug-likeness (QED) is 0.242. The van der Waals surface area contributed by atoms with Crippen molar-refractivity contribution in [3.05, 3.63) is 108 Å². The summed E-state index contributed by atoms with van der Waals surface area (Å²) in [7, 11) is 2.94. The second-order valence-corrected chi connectivity index (χ2v) is 7.36. The van der Waals surface area contributed by atoms with Crippen molar-refractivity contribution >= 4 is 12.0 Å². The lowest BCUT2D eigenvalue weighted by Gasteiger charge is -2.19. The Labute approximate surface area is 200 Å². The molecule has 0 aliphatic carbocycles. The minimum Gasteiger partial charge on any atom is -0.502 e. The van der Waals surface area contributed by atoms with Crippen LogP contribution in [0.15, 0.2) is 91.0 Å². The lowest BCUT2D eigenvalue weighted by molar-refractivity contribution is -0.116. The summed E-state index contributed by atoms with van der Waals surface area (Å²) < 4.78 is 16.4. The van der Waals surface area contributed by atoms with E-state index in [4.69, 9.17) is 14.2 Å². The van der Waals surface area contributed by atoms with Crippen molar-refractivity contribution in [3.8, 4) is 17.2 Å². The first-order valence-corrected chi connectivity index (χ1v) is 10.9. The van der Waals surface area contributed by atoms with Crippen LogP contribution in [0.3, 0.4) is 0 Å². The topological polar surface area (TPSA) is 77.0 Å². The fourth-order valence-electron chi connectivity index (χ4n) is 3.37. The Kier molecular flexibility index (Phi) is 9.31. The fourth-order valence-corrected chi connectivity index (χ4v) is 3.37. The smallest absolute Gasteiger partial charge is 0.244 e. The third kappa shape index (κ3) is 6.98. The molecule has 176 valence electrons. The molecule has 0 aliphatic rings. The molecule has 34 heavy (non-hydrogen) atoms. The van der Waals surface area contributed by atoms with Gasteiger partial charge in [-0.1, -0.05) is 78.9 Å². The van der Waals surface area contributed by atoms with E-state index in [-0.39, 0.29) is 17.8 Å². The summed E-state index contributed by atoms with van der Waals surface area (Å²) in [5.41, 5.74) is 2.89. The van der Waals surface area contributed by atoms with Crippen LogP contribution in [-0.2, 0) is 9.53 Å². The predicted molar refractivity (Wildman–Crippen MR) is 133 cm³/mol. The van der Waals surface area contributed by atoms with Gasteiger partial charge in [0.25, 0.3) is 0 Å². The van der Waals surface area contributed by atoms with Crippen molar-refractivity contribution < 1.29 is 24.1 Å². The molecular formula is C28H29NO5. The van der Waals surface area contributed by atoms with Crippen LogP contribution in [0.4, 0.5) is 0 Å². The number of nitrogens with one attached hydrogen (secondary N) is 1. The van der Waals surface area contributed by atoms with Crippen molar-refractivity contribution in [2.24, 2.45) is 0 Å². The van der Waals surface area contributed by atoms with E-state index in [1.807, 2.05) is 60.7 Å². The molecule has 0 fully saturated rings. The largest absolute Gasteiger partial charge is 0.502 e. The van der Waals surface area contributed by atoms with Gasteiger partial charge in [0.1, 0.15) is 6.10 Å². The molecule has 1 amide bonds. The molecule has 0 heterocycles. The van der Waals surface area contributed by atoms with Gasteiger partial charge in [0, 0.05) is 12.6 Å². The van der Waals surface area contributed by atoms with E-state index in [0.29, 0.717) is 24.7 Å². The Hall–Kier alpha value is -4.03. The van der Waals surface area contributed by atoms with Crippen LogP contribution in [0.2, 0.25) is 0 Å². The van der Waals surface area contributed by atoms with Gasteiger partial charge >= 0.3 is 0 Å². The standard InChI is InChI=1S/C28H29NO5/c1-32-24-19-21(20-25(33-2)27(24)31)11-9-10-16-26(30)29-17-18-34-28(22-12-5-3-6-13-22)23-14-7-4-8-15-23/h3-16,19-20,28,31H,17-18H2,1-2H3,(H,29,30). The number of hydrogen-bond acceptors (Lipinski definition) is 5. The molecule has 6 nitrogen and oxygen atoms in total. The van der Waals surface area contributed by atoms with Crippen molar-refractivity contribution in [1.29, 1.82) is 0 Å². The summed E-state index contributed by atoms with van der Waals surface area (Å²) in [4.78, 5) is 12.1. The first kappa shape index (κ1) is 24.6. The number of aromatic hydroxyl groups is 1. The summed E-state index contributed by atoms with van der Waals surface area (Å²) in [6, 6.07) is 23.4. The Morgan fingerprint density at radius 3 is 2.00 bits per heavy atom. The highest BCUT2D eigenvalue weighted by molar-refractivity contribution is 5.87. The molecule has 0 saturated heterocycles. The van der Waals surface area contributed by atoms with Crippen LogP contribution < -0.4 is 14.8 Å². The number of phenols is 1. The average Bonchev–Trinajstić information content (AvgIpc) is 2.88. The maximum absolute atomic E-state index is 12.1. The van der Waals surface area contributed by atoms with Gasteiger partial charge in [0.2, 0.25) is 11.7 Å².